The molecule has 4 heteroatoms. The monoisotopic (exact) mass is 261 g/mol. The zero-order valence-corrected chi connectivity index (χ0v) is 11.1. The number of furan rings is 1. The topological polar surface area (TPSA) is 62.5 Å². The van der Waals surface area contributed by atoms with Gasteiger partial charge in [0.1, 0.15) is 11.6 Å². The Morgan fingerprint density at radius 3 is 3.00 bits per heavy atom. The number of rotatable bonds is 7. The Hall–Kier alpha value is -1.81. The van der Waals surface area contributed by atoms with Crippen molar-refractivity contribution in [2.75, 3.05) is 0 Å². The summed E-state index contributed by atoms with van der Waals surface area (Å²) in [7, 11) is 0. The fraction of sp³-hybridized carbons (Fsp3) is 0.400. The molecule has 0 aliphatic heterocycles. The summed E-state index contributed by atoms with van der Waals surface area (Å²) in [5.41, 5.74) is 1.82. The first-order valence-corrected chi connectivity index (χ1v) is 6.63. The number of carboxylic acids is 1. The van der Waals surface area contributed by atoms with Crippen molar-refractivity contribution in [1.29, 1.82) is 0 Å². The van der Waals surface area contributed by atoms with Crippen LogP contribution in [0.1, 0.15) is 31.7 Å². The van der Waals surface area contributed by atoms with E-state index in [9.17, 15) is 4.79 Å². The second-order valence-corrected chi connectivity index (χ2v) is 4.67. The Morgan fingerprint density at radius 1 is 1.42 bits per heavy atom. The smallest absolute Gasteiger partial charge is 0.320 e. The lowest BCUT2D eigenvalue weighted by atomic mass is 10.1. The fourth-order valence-electron chi connectivity index (χ4n) is 2.15. The number of hydrogen-bond donors (Lipinski definition) is 2. The van der Waals surface area contributed by atoms with Gasteiger partial charge in [-0.2, -0.15) is 0 Å². The van der Waals surface area contributed by atoms with Crippen LogP contribution in [0, 0.1) is 0 Å². The van der Waals surface area contributed by atoms with Crippen LogP contribution in [-0.4, -0.2) is 17.1 Å². The summed E-state index contributed by atoms with van der Waals surface area (Å²) < 4.78 is 5.44. The number of benzene rings is 1. The van der Waals surface area contributed by atoms with Crippen LogP contribution in [0.3, 0.4) is 0 Å². The first-order valence-electron chi connectivity index (χ1n) is 6.63. The Morgan fingerprint density at radius 2 is 2.26 bits per heavy atom. The van der Waals surface area contributed by atoms with Gasteiger partial charge in [0.2, 0.25) is 0 Å². The van der Waals surface area contributed by atoms with Crippen molar-refractivity contribution in [1.82, 2.24) is 5.32 Å². The van der Waals surface area contributed by atoms with Crippen molar-refractivity contribution in [3.8, 4) is 0 Å². The highest BCUT2D eigenvalue weighted by atomic mass is 16.4. The summed E-state index contributed by atoms with van der Waals surface area (Å²) in [5, 5.41) is 13.3. The third kappa shape index (κ3) is 3.35. The molecule has 0 saturated heterocycles. The summed E-state index contributed by atoms with van der Waals surface area (Å²) in [6, 6.07) is 7.30. The first kappa shape index (κ1) is 13.6. The molecule has 1 heterocycles. The van der Waals surface area contributed by atoms with E-state index < -0.39 is 12.0 Å². The lowest BCUT2D eigenvalue weighted by Crippen LogP contribution is -2.36. The molecule has 0 aliphatic rings. The van der Waals surface area contributed by atoms with E-state index in [0.29, 0.717) is 13.0 Å². The highest BCUT2D eigenvalue weighted by molar-refractivity contribution is 5.80. The second kappa shape index (κ2) is 6.38. The minimum absolute atomic E-state index is 0.495. The van der Waals surface area contributed by atoms with Crippen molar-refractivity contribution < 1.29 is 14.3 Å². The number of nitrogens with one attached hydrogen (secondary N) is 1. The Labute approximate surface area is 112 Å². The van der Waals surface area contributed by atoms with Crippen LogP contribution in [0.5, 0.6) is 0 Å². The Kier molecular flexibility index (Phi) is 4.58. The normalized spacial score (nSPS) is 12.7. The van der Waals surface area contributed by atoms with Gasteiger partial charge in [-0.25, -0.2) is 0 Å². The standard InChI is InChI=1S/C15H19NO3/c1-2-3-7-13(15(17)18)16-10-12-6-4-5-11-8-9-19-14(11)12/h4-6,8-9,13,16H,2-3,7,10H2,1H3,(H,17,18). The van der Waals surface area contributed by atoms with Crippen molar-refractivity contribution in [2.45, 2.75) is 38.8 Å². The molecule has 4 nitrogen and oxygen atoms in total. The summed E-state index contributed by atoms with van der Waals surface area (Å²) >= 11 is 0. The van der Waals surface area contributed by atoms with Gasteiger partial charge in [-0.05, 0) is 12.5 Å². The molecule has 19 heavy (non-hydrogen) atoms. The molecule has 1 atom stereocenters. The molecule has 0 bridgehead atoms. The molecule has 2 N–H and O–H groups in total. The molecule has 1 aromatic heterocycles. The third-order valence-corrected chi connectivity index (χ3v) is 3.24. The van der Waals surface area contributed by atoms with Crippen LogP contribution in [0.15, 0.2) is 34.9 Å². The predicted octanol–water partition coefficient (Wildman–Crippen LogP) is 3.17. The molecule has 0 saturated carbocycles. The van der Waals surface area contributed by atoms with Gasteiger partial charge in [-0.15, -0.1) is 0 Å². The molecule has 2 aromatic rings. The lowest BCUT2D eigenvalue weighted by Gasteiger charge is -2.14. The van der Waals surface area contributed by atoms with Crippen molar-refractivity contribution in [3.63, 3.8) is 0 Å². The van der Waals surface area contributed by atoms with Crippen molar-refractivity contribution in [2.24, 2.45) is 0 Å². The van der Waals surface area contributed by atoms with Gasteiger partial charge in [-0.1, -0.05) is 38.0 Å². The van der Waals surface area contributed by atoms with Gasteiger partial charge < -0.3 is 14.8 Å². The number of carbonyl (C=O) groups is 1. The van der Waals surface area contributed by atoms with E-state index in [0.717, 1.165) is 29.4 Å². The molecule has 0 aliphatic carbocycles. The highest BCUT2D eigenvalue weighted by Crippen LogP contribution is 2.19. The fourth-order valence-corrected chi connectivity index (χ4v) is 2.15. The van der Waals surface area contributed by atoms with E-state index in [1.54, 1.807) is 6.26 Å². The van der Waals surface area contributed by atoms with Gasteiger partial charge in [0, 0.05) is 17.5 Å². The van der Waals surface area contributed by atoms with Crippen molar-refractivity contribution >= 4 is 16.9 Å². The highest BCUT2D eigenvalue weighted by Gasteiger charge is 2.16. The van der Waals surface area contributed by atoms with Gasteiger partial charge >= 0.3 is 5.97 Å². The zero-order chi connectivity index (χ0) is 13.7. The van der Waals surface area contributed by atoms with Crippen molar-refractivity contribution in [3.05, 3.63) is 36.1 Å². The van der Waals surface area contributed by atoms with Crippen LogP contribution in [-0.2, 0) is 11.3 Å². The molecule has 2 rings (SSSR count). The molecule has 1 unspecified atom stereocenters. The van der Waals surface area contributed by atoms with E-state index in [1.807, 2.05) is 24.3 Å². The van der Waals surface area contributed by atoms with Crippen LogP contribution >= 0.6 is 0 Å². The largest absolute Gasteiger partial charge is 0.480 e. The van der Waals surface area contributed by atoms with E-state index in [4.69, 9.17) is 9.52 Å². The summed E-state index contributed by atoms with van der Waals surface area (Å²) in [6.07, 6.45) is 4.22. The van der Waals surface area contributed by atoms with Crippen LogP contribution in [0.2, 0.25) is 0 Å². The number of unbranched alkanes of at least 4 members (excludes halogenated alkanes) is 1. The zero-order valence-electron chi connectivity index (χ0n) is 11.1. The number of fused-ring (bicyclic) bond motifs is 1. The van der Waals surface area contributed by atoms with E-state index >= 15 is 0 Å². The van der Waals surface area contributed by atoms with Gasteiger partial charge in [-0.3, -0.25) is 4.79 Å². The van der Waals surface area contributed by atoms with E-state index in [2.05, 4.69) is 12.2 Å². The number of aliphatic carboxylic acids is 1. The SMILES string of the molecule is CCCCC(NCc1cccc2ccoc12)C(=O)O. The maximum atomic E-state index is 11.2. The predicted molar refractivity (Wildman–Crippen MR) is 74.0 cm³/mol. The van der Waals surface area contributed by atoms with Gasteiger partial charge in [0.15, 0.2) is 0 Å². The number of para-hydroxylation sites is 1. The first-order chi connectivity index (χ1) is 9.22. The minimum Gasteiger partial charge on any atom is -0.480 e. The third-order valence-electron chi connectivity index (χ3n) is 3.24. The molecule has 102 valence electrons. The molecule has 0 radical (unpaired) electrons. The Balaban J connectivity index is 2.04. The van der Waals surface area contributed by atoms with Crippen LogP contribution in [0.4, 0.5) is 0 Å². The second-order valence-electron chi connectivity index (χ2n) is 4.67. The molecule has 0 amide bonds. The quantitative estimate of drug-likeness (QED) is 0.803. The molecule has 0 spiro atoms. The van der Waals surface area contributed by atoms with Gasteiger partial charge in [0.05, 0.1) is 6.26 Å². The summed E-state index contributed by atoms with van der Waals surface area (Å²) in [5.74, 6) is -0.792. The van der Waals surface area contributed by atoms with Crippen LogP contribution < -0.4 is 5.32 Å². The number of hydrogen-bond acceptors (Lipinski definition) is 3. The van der Waals surface area contributed by atoms with E-state index in [-0.39, 0.29) is 0 Å². The summed E-state index contributed by atoms with van der Waals surface area (Å²) in [4.78, 5) is 11.2. The minimum atomic E-state index is -0.792. The number of carboxylic acid groups (broad SMARTS) is 1. The average molecular weight is 261 g/mol. The molecular weight excluding hydrogens is 242 g/mol. The Bertz CT molecular complexity index is 547. The molecule has 0 fully saturated rings. The van der Waals surface area contributed by atoms with E-state index in [1.165, 1.54) is 0 Å². The van der Waals surface area contributed by atoms with Gasteiger partial charge in [0.25, 0.3) is 0 Å². The summed E-state index contributed by atoms with van der Waals surface area (Å²) in [6.45, 7) is 2.56. The molecule has 1 aromatic carbocycles. The average Bonchev–Trinajstić information content (AvgIpc) is 2.87. The lowest BCUT2D eigenvalue weighted by molar-refractivity contribution is -0.139. The maximum Gasteiger partial charge on any atom is 0.320 e. The molecular formula is C15H19NO3. The van der Waals surface area contributed by atoms with Crippen LogP contribution in [0.25, 0.3) is 11.0 Å². The maximum absolute atomic E-state index is 11.2.